The van der Waals surface area contributed by atoms with Crippen LogP contribution in [0.4, 0.5) is 34.5 Å². The van der Waals surface area contributed by atoms with E-state index in [4.69, 9.17) is 4.98 Å². The first-order valence-corrected chi connectivity index (χ1v) is 14.9. The Morgan fingerprint density at radius 2 is 1.74 bits per heavy atom. The molecule has 1 saturated carbocycles. The normalized spacial score (nSPS) is 18.3. The molecule has 0 unspecified atom stereocenters. The molecule has 2 aromatic heterocycles. The van der Waals surface area contributed by atoms with E-state index in [1.54, 1.807) is 41.6 Å². The number of rotatable bonds is 6. The van der Waals surface area contributed by atoms with Crippen LogP contribution in [0, 0.1) is 0 Å². The van der Waals surface area contributed by atoms with Crippen molar-refractivity contribution in [3.8, 4) is 0 Å². The third-order valence-corrected chi connectivity index (χ3v) is 7.93. The van der Waals surface area contributed by atoms with E-state index in [1.807, 2.05) is 25.1 Å². The number of anilines is 6. The van der Waals surface area contributed by atoms with Gasteiger partial charge in [-0.3, -0.25) is 19.5 Å². The van der Waals surface area contributed by atoms with Gasteiger partial charge in [-0.15, -0.1) is 0 Å². The Morgan fingerprint density at radius 3 is 2.49 bits per heavy atom. The predicted octanol–water partition coefficient (Wildman–Crippen LogP) is 4.67. The third kappa shape index (κ3) is 4.99. The molecule has 2 aliphatic rings. The summed E-state index contributed by atoms with van der Waals surface area (Å²) in [6.45, 7) is 1.93. The topological polar surface area (TPSA) is 136 Å². The van der Waals surface area contributed by atoms with Gasteiger partial charge in [0, 0.05) is 28.5 Å². The molecule has 2 aromatic carbocycles. The molecule has 6 rings (SSSR count). The van der Waals surface area contributed by atoms with Crippen LogP contribution in [-0.2, 0) is 14.8 Å². The lowest BCUT2D eigenvalue weighted by molar-refractivity contribution is -0.119. The molecular formula is C27H30N8O3S. The molecule has 1 aliphatic carbocycles. The number of nitrogens with zero attached hydrogens (tertiary/aromatic N) is 5. The number of carbonyl (C=O) groups is 1. The van der Waals surface area contributed by atoms with Gasteiger partial charge in [0.05, 0.1) is 24.2 Å². The lowest BCUT2D eigenvalue weighted by atomic mass is 9.92. The van der Waals surface area contributed by atoms with Crippen molar-refractivity contribution >= 4 is 61.3 Å². The number of aromatic amines is 1. The summed E-state index contributed by atoms with van der Waals surface area (Å²) in [5.41, 5.74) is 3.41. The van der Waals surface area contributed by atoms with Crippen LogP contribution in [0.1, 0.15) is 39.0 Å². The van der Waals surface area contributed by atoms with Gasteiger partial charge in [0.25, 0.3) is 5.91 Å². The van der Waals surface area contributed by atoms with Crippen molar-refractivity contribution in [3.63, 3.8) is 0 Å². The second kappa shape index (κ2) is 9.84. The molecule has 39 heavy (non-hydrogen) atoms. The van der Waals surface area contributed by atoms with Gasteiger partial charge in [-0.05, 0) is 62.2 Å². The van der Waals surface area contributed by atoms with E-state index < -0.39 is 16.1 Å². The molecule has 0 radical (unpaired) electrons. The Balaban J connectivity index is 1.39. The van der Waals surface area contributed by atoms with Crippen LogP contribution in [0.5, 0.6) is 0 Å². The molecule has 12 heteroatoms. The van der Waals surface area contributed by atoms with Crippen molar-refractivity contribution < 1.29 is 13.2 Å². The van der Waals surface area contributed by atoms with Crippen LogP contribution in [-0.4, -0.2) is 52.8 Å². The summed E-state index contributed by atoms with van der Waals surface area (Å²) in [4.78, 5) is 27.2. The number of nitrogens with one attached hydrogen (secondary N) is 3. The monoisotopic (exact) mass is 546 g/mol. The molecule has 3 N–H and O–H groups in total. The minimum Gasteiger partial charge on any atom is -0.340 e. The van der Waals surface area contributed by atoms with Crippen LogP contribution in [0.3, 0.4) is 0 Å². The number of fused-ring (bicyclic) bond motifs is 2. The second-order valence-electron chi connectivity index (χ2n) is 10.2. The lowest BCUT2D eigenvalue weighted by Crippen LogP contribution is -2.55. The number of hydrogen-bond donors (Lipinski definition) is 3. The summed E-state index contributed by atoms with van der Waals surface area (Å²) in [5.74, 6) is 1.06. The SMILES string of the molecule is C[C@@H]1C(=O)N(c2ccc(NS(C)(=O)=O)cc2)c2cnc(Nc3ccc4[nH]ncc4c3)nc2N1C1CCCCC1. The third-order valence-electron chi connectivity index (χ3n) is 7.32. The summed E-state index contributed by atoms with van der Waals surface area (Å²) in [6.07, 6.45) is 10.0. The number of benzene rings is 2. The van der Waals surface area contributed by atoms with Crippen LogP contribution >= 0.6 is 0 Å². The van der Waals surface area contributed by atoms with E-state index in [1.165, 1.54) is 6.42 Å². The predicted molar refractivity (Wildman–Crippen MR) is 152 cm³/mol. The number of aromatic nitrogens is 4. The molecule has 3 heterocycles. The van der Waals surface area contributed by atoms with Gasteiger partial charge >= 0.3 is 0 Å². The molecule has 202 valence electrons. The summed E-state index contributed by atoms with van der Waals surface area (Å²) < 4.78 is 25.7. The molecule has 1 fully saturated rings. The fourth-order valence-electron chi connectivity index (χ4n) is 5.54. The van der Waals surface area contributed by atoms with Gasteiger partial charge in [0.1, 0.15) is 11.7 Å². The Hall–Kier alpha value is -4.19. The van der Waals surface area contributed by atoms with Gasteiger partial charge < -0.3 is 10.2 Å². The summed E-state index contributed by atoms with van der Waals surface area (Å²) in [5, 5.41) is 11.3. The minimum atomic E-state index is -3.41. The van der Waals surface area contributed by atoms with Gasteiger partial charge in [0.2, 0.25) is 16.0 Å². The zero-order valence-electron chi connectivity index (χ0n) is 21.8. The molecule has 1 aliphatic heterocycles. The Labute approximate surface area is 226 Å². The van der Waals surface area contributed by atoms with Gasteiger partial charge in [-0.2, -0.15) is 10.1 Å². The number of amides is 1. The van der Waals surface area contributed by atoms with Crippen LogP contribution in [0.25, 0.3) is 10.9 Å². The van der Waals surface area contributed by atoms with Gasteiger partial charge in [0.15, 0.2) is 5.82 Å². The van der Waals surface area contributed by atoms with Crippen LogP contribution in [0.15, 0.2) is 54.9 Å². The zero-order valence-corrected chi connectivity index (χ0v) is 22.6. The maximum absolute atomic E-state index is 13.8. The van der Waals surface area contributed by atoms with Crippen molar-refractivity contribution in [2.75, 3.05) is 26.1 Å². The summed E-state index contributed by atoms with van der Waals surface area (Å²) in [7, 11) is -3.41. The smallest absolute Gasteiger partial charge is 0.254 e. The standard InChI is InChI=1S/C27H30N8O3S/c1-17-26(36)35(22-11-8-19(9-12-22)33-39(2,37)38)24-16-28-27(30-20-10-13-23-18(14-20)15-29-32-23)31-25(24)34(17)21-6-4-3-5-7-21/h8-17,21,33H,3-7H2,1-2H3,(H,29,32)(H,28,30,31)/t17-/m1/s1. The van der Waals surface area contributed by atoms with Crippen molar-refractivity contribution in [1.29, 1.82) is 0 Å². The highest BCUT2D eigenvalue weighted by molar-refractivity contribution is 7.92. The van der Waals surface area contributed by atoms with Gasteiger partial charge in [-0.1, -0.05) is 19.3 Å². The highest BCUT2D eigenvalue weighted by Crippen LogP contribution is 2.42. The minimum absolute atomic E-state index is 0.0772. The van der Waals surface area contributed by atoms with Crippen LogP contribution < -0.4 is 19.8 Å². The molecule has 1 atom stereocenters. The number of H-pyrrole nitrogens is 1. The average Bonchev–Trinajstić information content (AvgIpc) is 3.38. The first-order chi connectivity index (χ1) is 18.8. The van der Waals surface area contributed by atoms with Crippen molar-refractivity contribution in [2.45, 2.75) is 51.1 Å². The summed E-state index contributed by atoms with van der Waals surface area (Å²) >= 11 is 0. The van der Waals surface area contributed by atoms with Crippen molar-refractivity contribution in [1.82, 2.24) is 20.2 Å². The fraction of sp³-hybridized carbons (Fsp3) is 0.333. The van der Waals surface area contributed by atoms with Crippen molar-refractivity contribution in [2.24, 2.45) is 0 Å². The van der Waals surface area contributed by atoms with E-state index in [9.17, 15) is 13.2 Å². The number of hydrogen-bond acceptors (Lipinski definition) is 8. The molecule has 0 bridgehead atoms. The van der Waals surface area contributed by atoms with Crippen LogP contribution in [0.2, 0.25) is 0 Å². The first-order valence-electron chi connectivity index (χ1n) is 13.0. The lowest BCUT2D eigenvalue weighted by Gasteiger charge is -2.45. The number of carbonyl (C=O) groups excluding carboxylic acids is 1. The van der Waals surface area contributed by atoms with E-state index in [0.29, 0.717) is 28.8 Å². The highest BCUT2D eigenvalue weighted by Gasteiger charge is 2.41. The molecule has 0 saturated heterocycles. The first kappa shape index (κ1) is 25.1. The Morgan fingerprint density at radius 1 is 1.00 bits per heavy atom. The molecule has 0 spiro atoms. The maximum Gasteiger partial charge on any atom is 0.254 e. The zero-order chi connectivity index (χ0) is 27.1. The summed E-state index contributed by atoms with van der Waals surface area (Å²) in [6, 6.07) is 12.4. The number of sulfonamides is 1. The largest absolute Gasteiger partial charge is 0.340 e. The molecule has 11 nitrogen and oxygen atoms in total. The quantitative estimate of drug-likeness (QED) is 0.317. The van der Waals surface area contributed by atoms with E-state index in [0.717, 1.165) is 48.5 Å². The maximum atomic E-state index is 13.8. The molecule has 1 amide bonds. The average molecular weight is 547 g/mol. The molecule has 4 aromatic rings. The molecular weight excluding hydrogens is 516 g/mol. The van der Waals surface area contributed by atoms with E-state index >= 15 is 0 Å². The highest BCUT2D eigenvalue weighted by atomic mass is 32.2. The second-order valence-corrected chi connectivity index (χ2v) is 11.9. The van der Waals surface area contributed by atoms with E-state index in [-0.39, 0.29) is 11.9 Å². The van der Waals surface area contributed by atoms with Gasteiger partial charge in [-0.25, -0.2) is 13.4 Å². The fourth-order valence-corrected chi connectivity index (χ4v) is 6.10. The Bertz CT molecular complexity index is 1630. The van der Waals surface area contributed by atoms with Crippen molar-refractivity contribution in [3.05, 3.63) is 54.9 Å². The van der Waals surface area contributed by atoms with E-state index in [2.05, 4.69) is 30.1 Å². The Kier molecular flexibility index (Phi) is 6.34.